The summed E-state index contributed by atoms with van der Waals surface area (Å²) in [6.45, 7) is -2.54. The van der Waals surface area contributed by atoms with Crippen molar-refractivity contribution >= 4 is 5.91 Å². The topological polar surface area (TPSA) is 58.2 Å². The second kappa shape index (κ2) is 6.36. The van der Waals surface area contributed by atoms with Gasteiger partial charge in [-0.15, -0.1) is 0 Å². The molecule has 0 spiro atoms. The third kappa shape index (κ3) is 3.85. The minimum Gasteiger partial charge on any atom is -0.435 e. The first-order chi connectivity index (χ1) is 11.0. The predicted molar refractivity (Wildman–Crippen MR) is 79.4 cm³/mol. The number of ether oxygens (including phenoxy) is 1. The van der Waals surface area contributed by atoms with Crippen molar-refractivity contribution < 1.29 is 18.3 Å². The van der Waals surface area contributed by atoms with Crippen LogP contribution in [-0.4, -0.2) is 34.7 Å². The summed E-state index contributed by atoms with van der Waals surface area (Å²) in [5.41, 5.74) is 2.18. The quantitative estimate of drug-likeness (QED) is 0.889. The zero-order chi connectivity index (χ0) is 16.4. The summed E-state index contributed by atoms with van der Waals surface area (Å²) in [5.74, 6) is 0.244. The highest BCUT2D eigenvalue weighted by Gasteiger charge is 2.26. The number of H-pyrrole nitrogens is 1. The van der Waals surface area contributed by atoms with Crippen LogP contribution in [0.15, 0.2) is 30.3 Å². The number of amides is 1. The molecule has 0 aliphatic heterocycles. The van der Waals surface area contributed by atoms with Crippen molar-refractivity contribution in [3.8, 4) is 5.75 Å². The molecular formula is C16H17F2N3O2. The molecule has 1 aliphatic rings. The van der Waals surface area contributed by atoms with Crippen LogP contribution < -0.4 is 4.74 Å². The summed E-state index contributed by atoms with van der Waals surface area (Å²) < 4.78 is 28.8. The summed E-state index contributed by atoms with van der Waals surface area (Å²) >= 11 is 0. The fourth-order valence-electron chi connectivity index (χ4n) is 2.40. The molecule has 1 fully saturated rings. The van der Waals surface area contributed by atoms with Crippen LogP contribution in [-0.2, 0) is 6.54 Å². The maximum absolute atomic E-state index is 12.4. The lowest BCUT2D eigenvalue weighted by atomic mass is 10.2. The minimum absolute atomic E-state index is 0.0307. The zero-order valence-corrected chi connectivity index (χ0v) is 12.6. The molecule has 0 unspecified atom stereocenters. The van der Waals surface area contributed by atoms with Crippen LogP contribution in [0.25, 0.3) is 0 Å². The number of halogens is 2. The summed E-state index contributed by atoms with van der Waals surface area (Å²) in [4.78, 5) is 13.9. The van der Waals surface area contributed by atoms with E-state index in [4.69, 9.17) is 0 Å². The smallest absolute Gasteiger partial charge is 0.387 e. The Morgan fingerprint density at radius 2 is 2.22 bits per heavy atom. The van der Waals surface area contributed by atoms with Gasteiger partial charge in [-0.25, -0.2) is 0 Å². The molecule has 1 heterocycles. The summed E-state index contributed by atoms with van der Waals surface area (Å²) in [6, 6.07) is 7.75. The van der Waals surface area contributed by atoms with Gasteiger partial charge >= 0.3 is 6.61 Å². The van der Waals surface area contributed by atoms with E-state index in [9.17, 15) is 13.6 Å². The van der Waals surface area contributed by atoms with E-state index in [-0.39, 0.29) is 11.7 Å². The van der Waals surface area contributed by atoms with E-state index in [0.717, 1.165) is 24.2 Å². The number of carbonyl (C=O) groups excluding carboxylic acids is 1. The SMILES string of the molecule is CN(Cc1cc(C2CC2)n[nH]1)C(=O)c1cccc(OC(F)F)c1. The maximum Gasteiger partial charge on any atom is 0.387 e. The number of hydrogen-bond donors (Lipinski definition) is 1. The molecule has 5 nitrogen and oxygen atoms in total. The number of rotatable bonds is 6. The Kier molecular flexibility index (Phi) is 4.27. The lowest BCUT2D eigenvalue weighted by Gasteiger charge is -2.16. The molecule has 2 aromatic rings. The molecule has 0 saturated heterocycles. The van der Waals surface area contributed by atoms with Crippen LogP contribution >= 0.6 is 0 Å². The molecule has 1 saturated carbocycles. The largest absolute Gasteiger partial charge is 0.435 e. The van der Waals surface area contributed by atoms with Gasteiger partial charge in [0.1, 0.15) is 5.75 Å². The second-order valence-electron chi connectivity index (χ2n) is 5.66. The summed E-state index contributed by atoms with van der Waals surface area (Å²) in [7, 11) is 1.65. The molecule has 1 N–H and O–H groups in total. The Balaban J connectivity index is 1.66. The summed E-state index contributed by atoms with van der Waals surface area (Å²) in [5, 5.41) is 7.18. The lowest BCUT2D eigenvalue weighted by molar-refractivity contribution is -0.0499. The Morgan fingerprint density at radius 1 is 1.43 bits per heavy atom. The van der Waals surface area contributed by atoms with Crippen LogP contribution in [0, 0.1) is 0 Å². The number of aromatic amines is 1. The van der Waals surface area contributed by atoms with Crippen LogP contribution in [0.4, 0.5) is 8.78 Å². The predicted octanol–water partition coefficient (Wildman–Crippen LogP) is 3.16. The first-order valence-electron chi connectivity index (χ1n) is 7.37. The number of nitrogens with one attached hydrogen (secondary N) is 1. The Labute approximate surface area is 132 Å². The van der Waals surface area contributed by atoms with E-state index in [2.05, 4.69) is 14.9 Å². The second-order valence-corrected chi connectivity index (χ2v) is 5.66. The molecule has 1 amide bonds. The van der Waals surface area contributed by atoms with Gasteiger partial charge in [0, 0.05) is 18.5 Å². The Morgan fingerprint density at radius 3 is 2.91 bits per heavy atom. The van der Waals surface area contributed by atoms with E-state index >= 15 is 0 Å². The summed E-state index contributed by atoms with van der Waals surface area (Å²) in [6.07, 6.45) is 2.33. The Hall–Kier alpha value is -2.44. The van der Waals surface area contributed by atoms with Crippen LogP contribution in [0.2, 0.25) is 0 Å². The molecule has 7 heteroatoms. The average Bonchev–Trinajstić information content (AvgIpc) is 3.26. The highest BCUT2D eigenvalue weighted by atomic mass is 19.3. The van der Waals surface area contributed by atoms with Crippen molar-refractivity contribution in [1.82, 2.24) is 15.1 Å². The first kappa shape index (κ1) is 15.5. The van der Waals surface area contributed by atoms with Gasteiger partial charge in [0.15, 0.2) is 0 Å². The highest BCUT2D eigenvalue weighted by Crippen LogP contribution is 2.39. The van der Waals surface area contributed by atoms with Gasteiger partial charge in [0.2, 0.25) is 0 Å². The van der Waals surface area contributed by atoms with Crippen molar-refractivity contribution in [2.24, 2.45) is 0 Å². The molecule has 122 valence electrons. The molecule has 0 bridgehead atoms. The monoisotopic (exact) mass is 321 g/mol. The molecule has 0 atom stereocenters. The molecule has 1 aromatic heterocycles. The lowest BCUT2D eigenvalue weighted by Crippen LogP contribution is -2.26. The van der Waals surface area contributed by atoms with Crippen LogP contribution in [0.5, 0.6) is 5.75 Å². The number of nitrogens with zero attached hydrogens (tertiary/aromatic N) is 2. The van der Waals surface area contributed by atoms with Crippen molar-refractivity contribution in [1.29, 1.82) is 0 Å². The standard InChI is InChI=1S/C16H17F2N3O2/c1-21(9-12-8-14(20-19-12)10-5-6-10)15(22)11-3-2-4-13(7-11)23-16(17)18/h2-4,7-8,10,16H,5-6,9H2,1H3,(H,19,20). The van der Waals surface area contributed by atoms with Crippen LogP contribution in [0.3, 0.4) is 0 Å². The van der Waals surface area contributed by atoms with E-state index in [1.807, 2.05) is 6.07 Å². The van der Waals surface area contributed by atoms with E-state index in [1.165, 1.54) is 23.1 Å². The maximum atomic E-state index is 12.4. The third-order valence-electron chi connectivity index (χ3n) is 3.71. The molecule has 3 rings (SSSR count). The van der Waals surface area contributed by atoms with Crippen LogP contribution in [0.1, 0.15) is 40.5 Å². The minimum atomic E-state index is -2.91. The number of alkyl halides is 2. The molecule has 23 heavy (non-hydrogen) atoms. The van der Waals surface area contributed by atoms with Gasteiger partial charge in [-0.1, -0.05) is 6.07 Å². The van der Waals surface area contributed by atoms with E-state index < -0.39 is 6.61 Å². The van der Waals surface area contributed by atoms with Crippen molar-refractivity contribution in [2.45, 2.75) is 31.9 Å². The number of aromatic nitrogens is 2. The van der Waals surface area contributed by atoms with Gasteiger partial charge in [-0.3, -0.25) is 9.89 Å². The van der Waals surface area contributed by atoms with Gasteiger partial charge < -0.3 is 9.64 Å². The Bertz CT molecular complexity index is 698. The van der Waals surface area contributed by atoms with Gasteiger partial charge in [-0.2, -0.15) is 13.9 Å². The fraction of sp³-hybridized carbons (Fsp3) is 0.375. The van der Waals surface area contributed by atoms with Gasteiger partial charge in [-0.05, 0) is 37.1 Å². The van der Waals surface area contributed by atoms with E-state index in [1.54, 1.807) is 13.1 Å². The molecule has 1 aliphatic carbocycles. The number of benzene rings is 1. The average molecular weight is 321 g/mol. The molecule has 1 aromatic carbocycles. The normalized spacial score (nSPS) is 14.1. The van der Waals surface area contributed by atoms with Crippen molar-refractivity contribution in [2.75, 3.05) is 7.05 Å². The van der Waals surface area contributed by atoms with Gasteiger partial charge in [0.05, 0.1) is 17.9 Å². The molecular weight excluding hydrogens is 304 g/mol. The van der Waals surface area contributed by atoms with Crippen molar-refractivity contribution in [3.63, 3.8) is 0 Å². The number of hydrogen-bond acceptors (Lipinski definition) is 3. The first-order valence-corrected chi connectivity index (χ1v) is 7.37. The van der Waals surface area contributed by atoms with E-state index in [0.29, 0.717) is 18.0 Å². The zero-order valence-electron chi connectivity index (χ0n) is 12.6. The van der Waals surface area contributed by atoms with Crippen molar-refractivity contribution in [3.05, 3.63) is 47.3 Å². The highest BCUT2D eigenvalue weighted by molar-refractivity contribution is 5.94. The molecule has 0 radical (unpaired) electrons. The fourth-order valence-corrected chi connectivity index (χ4v) is 2.40. The third-order valence-corrected chi connectivity index (χ3v) is 3.71. The van der Waals surface area contributed by atoms with Gasteiger partial charge in [0.25, 0.3) is 5.91 Å². The number of carbonyl (C=O) groups is 1.